The smallest absolute Gasteiger partial charge is 0.195 e. The Balaban J connectivity index is 2.49. The summed E-state index contributed by atoms with van der Waals surface area (Å²) in [6, 6.07) is 20.2. The molecular formula is C16H16N2S. The van der Waals surface area contributed by atoms with Crippen LogP contribution in [0.1, 0.15) is 11.1 Å². The van der Waals surface area contributed by atoms with Crippen LogP contribution >= 0.6 is 12.2 Å². The summed E-state index contributed by atoms with van der Waals surface area (Å²) in [4.78, 5) is 6.43. The Morgan fingerprint density at radius 3 is 1.63 bits per heavy atom. The minimum absolute atomic E-state index is 0.572. The summed E-state index contributed by atoms with van der Waals surface area (Å²) in [5.41, 5.74) is 3.04. The predicted octanol–water partition coefficient (Wildman–Crippen LogP) is 3.37. The van der Waals surface area contributed by atoms with Crippen molar-refractivity contribution in [2.45, 2.75) is 0 Å². The molecule has 2 aromatic carbocycles. The first-order valence-corrected chi connectivity index (χ1v) is 6.50. The van der Waals surface area contributed by atoms with Gasteiger partial charge in [-0.05, 0) is 12.2 Å². The Labute approximate surface area is 119 Å². The van der Waals surface area contributed by atoms with E-state index in [0.717, 1.165) is 16.8 Å². The van der Waals surface area contributed by atoms with Crippen molar-refractivity contribution in [2.75, 3.05) is 14.1 Å². The first-order chi connectivity index (χ1) is 9.18. The Morgan fingerprint density at radius 1 is 0.842 bits per heavy atom. The van der Waals surface area contributed by atoms with Crippen molar-refractivity contribution in [1.82, 2.24) is 4.90 Å². The maximum absolute atomic E-state index is 5.29. The first-order valence-electron chi connectivity index (χ1n) is 6.09. The molecule has 0 aromatic heterocycles. The van der Waals surface area contributed by atoms with Crippen LogP contribution < -0.4 is 0 Å². The van der Waals surface area contributed by atoms with Crippen LogP contribution in [0, 0.1) is 0 Å². The summed E-state index contributed by atoms with van der Waals surface area (Å²) in [5.74, 6) is 0. The molecule has 0 heterocycles. The highest BCUT2D eigenvalue weighted by Crippen LogP contribution is 2.11. The molecule has 0 aliphatic carbocycles. The third-order valence-corrected chi connectivity index (χ3v) is 3.14. The number of thiocarbonyl (C=S) groups is 1. The van der Waals surface area contributed by atoms with Crippen LogP contribution in [-0.4, -0.2) is 29.8 Å². The van der Waals surface area contributed by atoms with E-state index >= 15 is 0 Å². The summed E-state index contributed by atoms with van der Waals surface area (Å²) >= 11 is 5.29. The number of hydrogen-bond acceptors (Lipinski definition) is 1. The molecule has 0 fully saturated rings. The maximum atomic E-state index is 5.29. The molecule has 3 heteroatoms. The van der Waals surface area contributed by atoms with Gasteiger partial charge in [-0.3, -0.25) is 0 Å². The maximum Gasteiger partial charge on any atom is 0.195 e. The van der Waals surface area contributed by atoms with Gasteiger partial charge in [-0.25, -0.2) is 4.99 Å². The molecule has 0 spiro atoms. The van der Waals surface area contributed by atoms with Gasteiger partial charge in [-0.2, -0.15) is 0 Å². The number of benzene rings is 2. The molecule has 0 saturated heterocycles. The lowest BCUT2D eigenvalue weighted by molar-refractivity contribution is 0.629. The third kappa shape index (κ3) is 3.48. The van der Waals surface area contributed by atoms with Gasteiger partial charge >= 0.3 is 0 Å². The topological polar surface area (TPSA) is 15.6 Å². The number of nitrogens with zero attached hydrogens (tertiary/aromatic N) is 2. The predicted molar refractivity (Wildman–Crippen MR) is 84.8 cm³/mol. The Kier molecular flexibility index (Phi) is 4.42. The minimum atomic E-state index is 0.572. The fraction of sp³-hybridized carbons (Fsp3) is 0.125. The van der Waals surface area contributed by atoms with E-state index in [0.29, 0.717) is 5.11 Å². The normalized spacial score (nSPS) is 9.79. The number of hydrogen-bond donors (Lipinski definition) is 0. The molecule has 2 aromatic rings. The molecule has 0 N–H and O–H groups in total. The van der Waals surface area contributed by atoms with Gasteiger partial charge in [0.25, 0.3) is 0 Å². The van der Waals surface area contributed by atoms with Gasteiger partial charge in [0.2, 0.25) is 0 Å². The highest BCUT2D eigenvalue weighted by molar-refractivity contribution is 7.80. The molecule has 0 aliphatic rings. The monoisotopic (exact) mass is 268 g/mol. The van der Waals surface area contributed by atoms with E-state index in [9.17, 15) is 0 Å². The molecule has 96 valence electrons. The minimum Gasteiger partial charge on any atom is -0.354 e. The second kappa shape index (κ2) is 6.25. The first kappa shape index (κ1) is 13.4. The van der Waals surface area contributed by atoms with Crippen molar-refractivity contribution in [2.24, 2.45) is 4.99 Å². The van der Waals surface area contributed by atoms with Crippen molar-refractivity contribution in [3.05, 3.63) is 71.8 Å². The summed E-state index contributed by atoms with van der Waals surface area (Å²) in [5, 5.41) is 0.572. The second-order valence-electron chi connectivity index (χ2n) is 4.37. The molecule has 0 amide bonds. The molecule has 0 unspecified atom stereocenters. The van der Waals surface area contributed by atoms with Gasteiger partial charge in [0.15, 0.2) is 5.11 Å². The van der Waals surface area contributed by atoms with Crippen molar-refractivity contribution in [3.8, 4) is 0 Å². The quantitative estimate of drug-likeness (QED) is 0.613. The van der Waals surface area contributed by atoms with Gasteiger partial charge in [0.05, 0.1) is 5.71 Å². The lowest BCUT2D eigenvalue weighted by Gasteiger charge is -2.12. The van der Waals surface area contributed by atoms with Gasteiger partial charge in [0.1, 0.15) is 0 Å². The fourth-order valence-corrected chi connectivity index (χ4v) is 1.77. The summed E-state index contributed by atoms with van der Waals surface area (Å²) < 4.78 is 0. The Morgan fingerprint density at radius 2 is 1.26 bits per heavy atom. The van der Waals surface area contributed by atoms with Crippen molar-refractivity contribution < 1.29 is 0 Å². The third-order valence-electron chi connectivity index (χ3n) is 2.68. The van der Waals surface area contributed by atoms with E-state index in [1.165, 1.54) is 0 Å². The SMILES string of the molecule is CN(C)C(=S)N=C(c1ccccc1)c1ccccc1. The highest BCUT2D eigenvalue weighted by Gasteiger charge is 2.08. The van der Waals surface area contributed by atoms with E-state index in [4.69, 9.17) is 12.2 Å². The molecule has 0 aliphatic heterocycles. The highest BCUT2D eigenvalue weighted by atomic mass is 32.1. The van der Waals surface area contributed by atoms with Crippen LogP contribution in [-0.2, 0) is 0 Å². The molecule has 2 nitrogen and oxygen atoms in total. The van der Waals surface area contributed by atoms with Crippen LogP contribution in [0.15, 0.2) is 65.7 Å². The van der Waals surface area contributed by atoms with Crippen LogP contribution in [0.25, 0.3) is 0 Å². The summed E-state index contributed by atoms with van der Waals surface area (Å²) in [7, 11) is 3.80. The van der Waals surface area contributed by atoms with Crippen molar-refractivity contribution >= 4 is 23.0 Å². The van der Waals surface area contributed by atoms with Crippen LogP contribution in [0.3, 0.4) is 0 Å². The van der Waals surface area contributed by atoms with Gasteiger partial charge in [-0.1, -0.05) is 60.7 Å². The second-order valence-corrected chi connectivity index (χ2v) is 4.73. The standard InChI is InChI=1S/C16H16N2S/c1-18(2)16(19)17-15(13-9-5-3-6-10-13)14-11-7-4-8-12-14/h3-12H,1-2H3. The van der Waals surface area contributed by atoms with E-state index in [1.54, 1.807) is 0 Å². The largest absolute Gasteiger partial charge is 0.354 e. The Bertz CT molecular complexity index is 533. The van der Waals surface area contributed by atoms with Crippen LogP contribution in [0.2, 0.25) is 0 Å². The van der Waals surface area contributed by atoms with Gasteiger partial charge in [0, 0.05) is 25.2 Å². The van der Waals surface area contributed by atoms with Gasteiger partial charge in [-0.15, -0.1) is 0 Å². The lowest BCUT2D eigenvalue weighted by Crippen LogP contribution is -2.19. The van der Waals surface area contributed by atoms with Gasteiger partial charge < -0.3 is 4.90 Å². The van der Waals surface area contributed by atoms with Crippen LogP contribution in [0.5, 0.6) is 0 Å². The zero-order valence-electron chi connectivity index (χ0n) is 11.1. The van der Waals surface area contributed by atoms with E-state index in [2.05, 4.69) is 4.99 Å². The van der Waals surface area contributed by atoms with Crippen molar-refractivity contribution in [3.63, 3.8) is 0 Å². The molecule has 19 heavy (non-hydrogen) atoms. The molecule has 2 rings (SSSR count). The average molecular weight is 268 g/mol. The van der Waals surface area contributed by atoms with E-state index in [-0.39, 0.29) is 0 Å². The molecule has 0 saturated carbocycles. The summed E-state index contributed by atoms with van der Waals surface area (Å²) in [6.45, 7) is 0. The number of aliphatic imine (C=N–C) groups is 1. The van der Waals surface area contributed by atoms with E-state index in [1.807, 2.05) is 79.7 Å². The fourth-order valence-electron chi connectivity index (χ4n) is 1.68. The Hall–Kier alpha value is -2.00. The molecular weight excluding hydrogens is 252 g/mol. The number of rotatable bonds is 2. The zero-order chi connectivity index (χ0) is 13.7. The van der Waals surface area contributed by atoms with Crippen LogP contribution in [0.4, 0.5) is 0 Å². The molecule has 0 atom stereocenters. The average Bonchev–Trinajstić information content (AvgIpc) is 2.46. The molecule has 0 bridgehead atoms. The molecule has 0 radical (unpaired) electrons. The lowest BCUT2D eigenvalue weighted by atomic mass is 10.0. The summed E-state index contributed by atoms with van der Waals surface area (Å²) in [6.07, 6.45) is 0. The van der Waals surface area contributed by atoms with Crippen molar-refractivity contribution in [1.29, 1.82) is 0 Å². The van der Waals surface area contributed by atoms with E-state index < -0.39 is 0 Å². The zero-order valence-corrected chi connectivity index (χ0v) is 11.9.